The van der Waals surface area contributed by atoms with Crippen molar-refractivity contribution < 1.29 is 9.72 Å². The number of aliphatic imine (C=N–C) groups is 1. The van der Waals surface area contributed by atoms with Crippen molar-refractivity contribution in [1.82, 2.24) is 0 Å². The van der Waals surface area contributed by atoms with Gasteiger partial charge in [0.15, 0.2) is 0 Å². The molecule has 138 valence electrons. The largest absolute Gasteiger partial charge is 0.306 e. The Balaban J connectivity index is 2.04. The maximum atomic E-state index is 13.3. The second kappa shape index (κ2) is 7.95. The number of anilines is 1. The van der Waals surface area contributed by atoms with Gasteiger partial charge in [0.1, 0.15) is 0 Å². The van der Waals surface area contributed by atoms with E-state index in [2.05, 4.69) is 11.9 Å². The summed E-state index contributed by atoms with van der Waals surface area (Å²) in [5, 5.41) is 10.8. The standard InChI is InChI=1S/C21H21N3O3/c1-3-4-13-23-20-8-6-5-7-19(20)22-15(2)18(21(23)25)14-16-9-11-17(12-10-16)24(26)27/h5-12,14H,3-4,13H2,1-2H3/b18-14+. The van der Waals surface area contributed by atoms with E-state index in [4.69, 9.17) is 0 Å². The van der Waals surface area contributed by atoms with Crippen molar-refractivity contribution in [3.8, 4) is 0 Å². The molecule has 0 fully saturated rings. The molecule has 1 amide bonds. The van der Waals surface area contributed by atoms with E-state index in [0.29, 0.717) is 17.8 Å². The van der Waals surface area contributed by atoms with Crippen LogP contribution in [-0.4, -0.2) is 23.1 Å². The normalized spacial score (nSPS) is 15.3. The van der Waals surface area contributed by atoms with Crippen molar-refractivity contribution in [2.24, 2.45) is 4.99 Å². The molecule has 0 unspecified atom stereocenters. The molecule has 1 heterocycles. The highest BCUT2D eigenvalue weighted by Crippen LogP contribution is 2.33. The maximum Gasteiger partial charge on any atom is 0.269 e. The predicted octanol–water partition coefficient (Wildman–Crippen LogP) is 4.92. The number of benzene rings is 2. The minimum atomic E-state index is -0.441. The van der Waals surface area contributed by atoms with E-state index < -0.39 is 4.92 Å². The zero-order valence-electron chi connectivity index (χ0n) is 15.4. The Kier molecular flexibility index (Phi) is 5.45. The summed E-state index contributed by atoms with van der Waals surface area (Å²) >= 11 is 0. The van der Waals surface area contributed by atoms with Crippen molar-refractivity contribution >= 4 is 34.8 Å². The monoisotopic (exact) mass is 363 g/mol. The first-order chi connectivity index (χ1) is 13.0. The lowest BCUT2D eigenvalue weighted by Gasteiger charge is -2.23. The molecule has 2 aromatic carbocycles. The first-order valence-corrected chi connectivity index (χ1v) is 8.94. The van der Waals surface area contributed by atoms with Crippen LogP contribution in [0.1, 0.15) is 32.3 Å². The van der Waals surface area contributed by atoms with Crippen molar-refractivity contribution in [3.63, 3.8) is 0 Å². The van der Waals surface area contributed by atoms with Gasteiger partial charge in [0.05, 0.1) is 27.6 Å². The van der Waals surface area contributed by atoms with Gasteiger partial charge in [-0.15, -0.1) is 0 Å². The number of amides is 1. The van der Waals surface area contributed by atoms with Gasteiger partial charge in [-0.2, -0.15) is 0 Å². The van der Waals surface area contributed by atoms with Crippen LogP contribution >= 0.6 is 0 Å². The van der Waals surface area contributed by atoms with E-state index in [9.17, 15) is 14.9 Å². The molecule has 0 aliphatic carbocycles. The van der Waals surface area contributed by atoms with Crippen LogP contribution in [0, 0.1) is 10.1 Å². The number of fused-ring (bicyclic) bond motifs is 1. The molecule has 1 aliphatic rings. The average molecular weight is 363 g/mol. The van der Waals surface area contributed by atoms with Crippen molar-refractivity contribution in [3.05, 3.63) is 69.8 Å². The summed E-state index contributed by atoms with van der Waals surface area (Å²) in [6, 6.07) is 13.8. The zero-order valence-corrected chi connectivity index (χ0v) is 15.4. The number of unbranched alkanes of at least 4 members (excludes halogenated alkanes) is 1. The smallest absolute Gasteiger partial charge is 0.269 e. The zero-order chi connectivity index (χ0) is 19.4. The molecule has 6 nitrogen and oxygen atoms in total. The quantitative estimate of drug-likeness (QED) is 0.430. The third-order valence-electron chi connectivity index (χ3n) is 4.48. The number of para-hydroxylation sites is 2. The van der Waals surface area contributed by atoms with Gasteiger partial charge in [0.25, 0.3) is 11.6 Å². The minimum Gasteiger partial charge on any atom is -0.306 e. The Bertz CT molecular complexity index is 930. The Hall–Kier alpha value is -3.28. The number of carbonyl (C=O) groups is 1. The molecule has 0 N–H and O–H groups in total. The highest BCUT2D eigenvalue weighted by atomic mass is 16.6. The number of hydrogen-bond acceptors (Lipinski definition) is 4. The van der Waals surface area contributed by atoms with Crippen LogP contribution in [0.5, 0.6) is 0 Å². The van der Waals surface area contributed by atoms with Crippen LogP contribution in [-0.2, 0) is 4.79 Å². The molecule has 0 spiro atoms. The van der Waals surface area contributed by atoms with E-state index >= 15 is 0 Å². The summed E-state index contributed by atoms with van der Waals surface area (Å²) < 4.78 is 0. The fraction of sp³-hybridized carbons (Fsp3) is 0.238. The Morgan fingerprint density at radius 2 is 1.85 bits per heavy atom. The maximum absolute atomic E-state index is 13.3. The van der Waals surface area contributed by atoms with Gasteiger partial charge < -0.3 is 4.90 Å². The topological polar surface area (TPSA) is 75.8 Å². The summed E-state index contributed by atoms with van der Waals surface area (Å²) in [5.74, 6) is -0.104. The van der Waals surface area contributed by atoms with Crippen molar-refractivity contribution in [1.29, 1.82) is 0 Å². The van der Waals surface area contributed by atoms with E-state index in [0.717, 1.165) is 29.8 Å². The lowest BCUT2D eigenvalue weighted by molar-refractivity contribution is -0.384. The number of nitro groups is 1. The molecule has 0 saturated carbocycles. The molecule has 0 radical (unpaired) electrons. The number of carbonyl (C=O) groups excluding carboxylic acids is 1. The van der Waals surface area contributed by atoms with Gasteiger partial charge in [-0.1, -0.05) is 25.5 Å². The second-order valence-electron chi connectivity index (χ2n) is 6.40. The average Bonchev–Trinajstić information content (AvgIpc) is 2.76. The third kappa shape index (κ3) is 3.95. The molecular weight excluding hydrogens is 342 g/mol. The molecule has 1 aliphatic heterocycles. The number of nitrogens with zero attached hydrogens (tertiary/aromatic N) is 3. The van der Waals surface area contributed by atoms with Crippen LogP contribution in [0.2, 0.25) is 0 Å². The van der Waals surface area contributed by atoms with E-state index in [-0.39, 0.29) is 11.6 Å². The summed E-state index contributed by atoms with van der Waals surface area (Å²) in [6.07, 6.45) is 3.62. The summed E-state index contributed by atoms with van der Waals surface area (Å²) in [4.78, 5) is 30.1. The lowest BCUT2D eigenvalue weighted by atomic mass is 10.1. The summed E-state index contributed by atoms with van der Waals surface area (Å²) in [7, 11) is 0. The predicted molar refractivity (Wildman–Crippen MR) is 108 cm³/mol. The van der Waals surface area contributed by atoms with Crippen molar-refractivity contribution in [2.45, 2.75) is 26.7 Å². The summed E-state index contributed by atoms with van der Waals surface area (Å²) in [6.45, 7) is 4.52. The fourth-order valence-electron chi connectivity index (χ4n) is 3.00. The number of hydrogen-bond donors (Lipinski definition) is 0. The Morgan fingerprint density at radius 1 is 1.15 bits per heavy atom. The van der Waals surface area contributed by atoms with Gasteiger partial charge in [0, 0.05) is 18.7 Å². The molecule has 0 bridgehead atoms. The minimum absolute atomic E-state index is 0.0201. The first-order valence-electron chi connectivity index (χ1n) is 8.94. The molecule has 27 heavy (non-hydrogen) atoms. The van der Waals surface area contributed by atoms with Gasteiger partial charge in [-0.05, 0) is 49.2 Å². The van der Waals surface area contributed by atoms with Gasteiger partial charge in [-0.3, -0.25) is 19.9 Å². The highest BCUT2D eigenvalue weighted by Gasteiger charge is 2.26. The van der Waals surface area contributed by atoms with E-state index in [1.54, 1.807) is 23.1 Å². The SMILES string of the molecule is CCCCN1C(=O)/C(=C/c2ccc([N+](=O)[O-])cc2)C(C)=Nc2ccccc21. The van der Waals surface area contributed by atoms with Gasteiger partial charge in [-0.25, -0.2) is 0 Å². The Morgan fingerprint density at radius 3 is 2.52 bits per heavy atom. The lowest BCUT2D eigenvalue weighted by Crippen LogP contribution is -2.33. The third-order valence-corrected chi connectivity index (χ3v) is 4.48. The van der Waals surface area contributed by atoms with E-state index in [1.807, 2.05) is 31.2 Å². The number of rotatable bonds is 5. The fourth-order valence-corrected chi connectivity index (χ4v) is 3.00. The number of nitro benzene ring substituents is 1. The van der Waals surface area contributed by atoms with Crippen molar-refractivity contribution in [2.75, 3.05) is 11.4 Å². The second-order valence-corrected chi connectivity index (χ2v) is 6.40. The number of non-ortho nitro benzene ring substituents is 1. The van der Waals surface area contributed by atoms with Crippen LogP contribution in [0.3, 0.4) is 0 Å². The highest BCUT2D eigenvalue weighted by molar-refractivity contribution is 6.30. The molecular formula is C21H21N3O3. The molecule has 6 heteroatoms. The van der Waals surface area contributed by atoms with Crippen LogP contribution in [0.15, 0.2) is 59.1 Å². The van der Waals surface area contributed by atoms with Crippen LogP contribution < -0.4 is 4.90 Å². The summed E-state index contributed by atoms with van der Waals surface area (Å²) in [5.41, 5.74) is 3.45. The molecule has 3 rings (SSSR count). The van der Waals surface area contributed by atoms with E-state index in [1.165, 1.54) is 12.1 Å². The molecule has 0 saturated heterocycles. The van der Waals surface area contributed by atoms with Crippen LogP contribution in [0.25, 0.3) is 6.08 Å². The molecule has 0 aromatic heterocycles. The van der Waals surface area contributed by atoms with Gasteiger partial charge >= 0.3 is 0 Å². The van der Waals surface area contributed by atoms with Crippen LogP contribution in [0.4, 0.5) is 17.1 Å². The Labute approximate surface area is 158 Å². The first kappa shape index (κ1) is 18.5. The molecule has 0 atom stereocenters. The molecule has 2 aromatic rings. The van der Waals surface area contributed by atoms with Gasteiger partial charge in [0.2, 0.25) is 0 Å².